The third-order valence-electron chi connectivity index (χ3n) is 3.19. The lowest BCUT2D eigenvalue weighted by Crippen LogP contribution is -2.36. The highest BCUT2D eigenvalue weighted by Crippen LogP contribution is 2.12. The molecule has 1 atom stereocenters. The standard InChI is InChI=1S/C18H20N2O3/c1-14(11-15-7-3-2-4-8-15)20-18(22)13-23-19-12-16-9-5-6-10-17(16)21/h2-10,12,14,21H,11,13H2,1H3,(H,20,22)/b19-12-/t14-/m1/s1. The number of aromatic hydroxyl groups is 1. The van der Waals surface area contributed by atoms with Gasteiger partial charge in [-0.3, -0.25) is 4.79 Å². The van der Waals surface area contributed by atoms with Crippen LogP contribution >= 0.6 is 0 Å². The van der Waals surface area contributed by atoms with Crippen LogP contribution in [0, 0.1) is 0 Å². The van der Waals surface area contributed by atoms with Gasteiger partial charge in [0, 0.05) is 11.6 Å². The van der Waals surface area contributed by atoms with Gasteiger partial charge in [-0.25, -0.2) is 0 Å². The van der Waals surface area contributed by atoms with E-state index in [2.05, 4.69) is 10.5 Å². The van der Waals surface area contributed by atoms with Crippen molar-refractivity contribution in [2.75, 3.05) is 6.61 Å². The Morgan fingerprint density at radius 2 is 1.91 bits per heavy atom. The normalized spacial score (nSPS) is 12.0. The molecule has 0 aliphatic carbocycles. The summed E-state index contributed by atoms with van der Waals surface area (Å²) in [6, 6.07) is 16.7. The Labute approximate surface area is 135 Å². The maximum absolute atomic E-state index is 11.8. The van der Waals surface area contributed by atoms with E-state index in [9.17, 15) is 9.90 Å². The first-order valence-corrected chi connectivity index (χ1v) is 7.42. The monoisotopic (exact) mass is 312 g/mol. The van der Waals surface area contributed by atoms with Gasteiger partial charge < -0.3 is 15.3 Å². The highest BCUT2D eigenvalue weighted by molar-refractivity contribution is 5.83. The van der Waals surface area contributed by atoms with E-state index < -0.39 is 0 Å². The number of hydrogen-bond donors (Lipinski definition) is 2. The number of oxime groups is 1. The Kier molecular flexibility index (Phi) is 6.17. The molecule has 5 nitrogen and oxygen atoms in total. The van der Waals surface area contributed by atoms with Gasteiger partial charge >= 0.3 is 0 Å². The summed E-state index contributed by atoms with van der Waals surface area (Å²) >= 11 is 0. The van der Waals surface area contributed by atoms with Crippen molar-refractivity contribution < 1.29 is 14.7 Å². The molecule has 0 radical (unpaired) electrons. The molecule has 0 aliphatic heterocycles. The van der Waals surface area contributed by atoms with Crippen molar-refractivity contribution in [3.8, 4) is 5.75 Å². The Morgan fingerprint density at radius 1 is 1.22 bits per heavy atom. The molecule has 0 bridgehead atoms. The molecule has 0 aromatic heterocycles. The smallest absolute Gasteiger partial charge is 0.260 e. The van der Waals surface area contributed by atoms with Crippen LogP contribution in [-0.4, -0.2) is 29.9 Å². The minimum Gasteiger partial charge on any atom is -0.507 e. The molecule has 0 aliphatic rings. The summed E-state index contributed by atoms with van der Waals surface area (Å²) in [5.74, 6) is -0.122. The van der Waals surface area contributed by atoms with Crippen LogP contribution in [0.3, 0.4) is 0 Å². The van der Waals surface area contributed by atoms with Gasteiger partial charge in [0.2, 0.25) is 0 Å². The van der Waals surface area contributed by atoms with Crippen LogP contribution in [0.25, 0.3) is 0 Å². The Hall–Kier alpha value is -2.82. The molecular formula is C18H20N2O3. The molecule has 0 saturated carbocycles. The molecule has 1 amide bonds. The summed E-state index contributed by atoms with van der Waals surface area (Å²) in [5.41, 5.74) is 1.70. The number of para-hydroxylation sites is 1. The van der Waals surface area contributed by atoms with Crippen LogP contribution in [0.4, 0.5) is 0 Å². The van der Waals surface area contributed by atoms with Crippen molar-refractivity contribution in [1.29, 1.82) is 0 Å². The predicted octanol–water partition coefficient (Wildman–Crippen LogP) is 2.49. The van der Waals surface area contributed by atoms with Gasteiger partial charge in [0.25, 0.3) is 5.91 Å². The first-order valence-electron chi connectivity index (χ1n) is 7.42. The molecule has 120 valence electrons. The topological polar surface area (TPSA) is 70.9 Å². The SMILES string of the molecule is C[C@H](Cc1ccccc1)NC(=O)CO/N=C\c1ccccc1O. The first-order chi connectivity index (χ1) is 11.1. The fourth-order valence-electron chi connectivity index (χ4n) is 2.12. The second kappa shape index (κ2) is 8.58. The van der Waals surface area contributed by atoms with E-state index >= 15 is 0 Å². The molecule has 2 aromatic rings. The zero-order valence-electron chi connectivity index (χ0n) is 13.0. The van der Waals surface area contributed by atoms with Gasteiger partial charge in [-0.15, -0.1) is 0 Å². The number of carbonyl (C=O) groups excluding carboxylic acids is 1. The van der Waals surface area contributed by atoms with E-state index in [1.807, 2.05) is 37.3 Å². The molecule has 0 fully saturated rings. The Balaban J connectivity index is 1.72. The number of amides is 1. The molecule has 5 heteroatoms. The molecule has 2 aromatic carbocycles. The van der Waals surface area contributed by atoms with E-state index in [1.54, 1.807) is 24.3 Å². The van der Waals surface area contributed by atoms with Crippen molar-refractivity contribution in [3.63, 3.8) is 0 Å². The lowest BCUT2D eigenvalue weighted by Gasteiger charge is -2.13. The second-order valence-electron chi connectivity index (χ2n) is 5.23. The summed E-state index contributed by atoms with van der Waals surface area (Å²) in [7, 11) is 0. The van der Waals surface area contributed by atoms with Crippen molar-refractivity contribution >= 4 is 12.1 Å². The number of benzene rings is 2. The Morgan fingerprint density at radius 3 is 2.65 bits per heavy atom. The maximum Gasteiger partial charge on any atom is 0.260 e. The predicted molar refractivity (Wildman–Crippen MR) is 89.4 cm³/mol. The van der Waals surface area contributed by atoms with Gasteiger partial charge in [0.05, 0.1) is 6.21 Å². The number of nitrogens with one attached hydrogen (secondary N) is 1. The average molecular weight is 312 g/mol. The van der Waals surface area contributed by atoms with Gasteiger partial charge in [0.15, 0.2) is 6.61 Å². The summed E-state index contributed by atoms with van der Waals surface area (Å²) < 4.78 is 0. The number of hydrogen-bond acceptors (Lipinski definition) is 4. The Bertz CT molecular complexity index is 656. The average Bonchev–Trinajstić information content (AvgIpc) is 2.54. The number of nitrogens with zero attached hydrogens (tertiary/aromatic N) is 1. The zero-order valence-corrected chi connectivity index (χ0v) is 13.0. The van der Waals surface area contributed by atoms with Crippen LogP contribution in [0.1, 0.15) is 18.1 Å². The minimum absolute atomic E-state index is 0.00986. The van der Waals surface area contributed by atoms with Gasteiger partial charge in [-0.1, -0.05) is 47.6 Å². The maximum atomic E-state index is 11.8. The largest absolute Gasteiger partial charge is 0.507 e. The quantitative estimate of drug-likeness (QED) is 0.609. The first kappa shape index (κ1) is 16.5. The van der Waals surface area contributed by atoms with E-state index in [0.29, 0.717) is 5.56 Å². The minimum atomic E-state index is -0.233. The van der Waals surface area contributed by atoms with Crippen molar-refractivity contribution in [2.45, 2.75) is 19.4 Å². The van der Waals surface area contributed by atoms with Gasteiger partial charge in [-0.05, 0) is 31.0 Å². The summed E-state index contributed by atoms with van der Waals surface area (Å²) in [6.45, 7) is 1.78. The van der Waals surface area contributed by atoms with Crippen molar-refractivity contribution in [2.24, 2.45) is 5.16 Å². The fraction of sp³-hybridized carbons (Fsp3) is 0.222. The van der Waals surface area contributed by atoms with Gasteiger partial charge in [-0.2, -0.15) is 0 Å². The number of phenolic OH excluding ortho intramolecular Hbond substituents is 1. The fourth-order valence-corrected chi connectivity index (χ4v) is 2.12. The molecule has 0 heterocycles. The second-order valence-corrected chi connectivity index (χ2v) is 5.23. The van der Waals surface area contributed by atoms with Crippen LogP contribution in [0.2, 0.25) is 0 Å². The molecule has 0 unspecified atom stereocenters. The summed E-state index contributed by atoms with van der Waals surface area (Å²) in [4.78, 5) is 16.7. The highest BCUT2D eigenvalue weighted by Gasteiger charge is 2.08. The number of carbonyl (C=O) groups is 1. The zero-order chi connectivity index (χ0) is 16.5. The number of phenols is 1. The van der Waals surface area contributed by atoms with Crippen LogP contribution < -0.4 is 5.32 Å². The molecule has 0 spiro atoms. The lowest BCUT2D eigenvalue weighted by molar-refractivity contribution is -0.126. The molecule has 2 N–H and O–H groups in total. The van der Waals surface area contributed by atoms with E-state index in [-0.39, 0.29) is 24.3 Å². The van der Waals surface area contributed by atoms with E-state index in [0.717, 1.165) is 6.42 Å². The molecule has 23 heavy (non-hydrogen) atoms. The van der Waals surface area contributed by atoms with Crippen LogP contribution in [0.15, 0.2) is 59.8 Å². The molecule has 2 rings (SSSR count). The van der Waals surface area contributed by atoms with E-state index in [1.165, 1.54) is 11.8 Å². The highest BCUT2D eigenvalue weighted by atomic mass is 16.6. The third-order valence-corrected chi connectivity index (χ3v) is 3.19. The lowest BCUT2D eigenvalue weighted by atomic mass is 10.1. The van der Waals surface area contributed by atoms with Crippen molar-refractivity contribution in [1.82, 2.24) is 5.32 Å². The van der Waals surface area contributed by atoms with Crippen molar-refractivity contribution in [3.05, 3.63) is 65.7 Å². The summed E-state index contributed by atoms with van der Waals surface area (Å²) in [5, 5.41) is 16.1. The van der Waals surface area contributed by atoms with Gasteiger partial charge in [0.1, 0.15) is 5.75 Å². The molecular weight excluding hydrogens is 292 g/mol. The third kappa shape index (κ3) is 5.82. The molecule has 0 saturated heterocycles. The van der Waals surface area contributed by atoms with E-state index in [4.69, 9.17) is 4.84 Å². The summed E-state index contributed by atoms with van der Waals surface area (Å²) in [6.07, 6.45) is 2.13. The van der Waals surface area contributed by atoms with Crippen LogP contribution in [0.5, 0.6) is 5.75 Å². The van der Waals surface area contributed by atoms with Crippen LogP contribution in [-0.2, 0) is 16.1 Å². The number of rotatable bonds is 7.